The number of aliphatic carboxylic acids is 1. The summed E-state index contributed by atoms with van der Waals surface area (Å²) < 4.78 is 0. The van der Waals surface area contributed by atoms with Gasteiger partial charge in [-0.25, -0.2) is 4.79 Å². The number of hydrogen-bond donors (Lipinski definition) is 4. The predicted molar refractivity (Wildman–Crippen MR) is 97.9 cm³/mol. The summed E-state index contributed by atoms with van der Waals surface area (Å²) in [7, 11) is 0. The van der Waals surface area contributed by atoms with Crippen LogP contribution in [-0.2, 0) is 4.79 Å². The van der Waals surface area contributed by atoms with E-state index in [-0.39, 0.29) is 6.42 Å². The Morgan fingerprint density at radius 3 is 2.60 bits per heavy atom. The van der Waals surface area contributed by atoms with Gasteiger partial charge < -0.3 is 20.4 Å². The zero-order valence-corrected chi connectivity index (χ0v) is 15.3. The van der Waals surface area contributed by atoms with Crippen LogP contribution < -0.4 is 0 Å². The first-order chi connectivity index (χ1) is 11.9. The highest BCUT2D eigenvalue weighted by Gasteiger charge is 2.40. The molecule has 5 heteroatoms. The second kappa shape index (κ2) is 11.4. The summed E-state index contributed by atoms with van der Waals surface area (Å²) in [6.07, 6.45) is 17.1. The van der Waals surface area contributed by atoms with Crippen molar-refractivity contribution >= 4 is 5.97 Å². The van der Waals surface area contributed by atoms with Crippen LogP contribution in [0, 0.1) is 11.8 Å². The van der Waals surface area contributed by atoms with Crippen LogP contribution >= 0.6 is 0 Å². The third kappa shape index (κ3) is 7.72. The van der Waals surface area contributed by atoms with E-state index in [9.17, 15) is 20.1 Å². The molecular weight excluding hydrogens is 320 g/mol. The van der Waals surface area contributed by atoms with Crippen LogP contribution in [0.5, 0.6) is 0 Å². The lowest BCUT2D eigenvalue weighted by Crippen LogP contribution is -2.49. The summed E-state index contributed by atoms with van der Waals surface area (Å²) in [4.78, 5) is 10.6. The Hall–Kier alpha value is -1.17. The van der Waals surface area contributed by atoms with Gasteiger partial charge in [-0.15, -0.1) is 0 Å². The highest BCUT2D eigenvalue weighted by atomic mass is 16.6. The molecule has 144 valence electrons. The molecule has 0 saturated heterocycles. The van der Waals surface area contributed by atoms with Gasteiger partial charge in [0.1, 0.15) is 6.10 Å². The van der Waals surface area contributed by atoms with Crippen LogP contribution in [0.2, 0.25) is 0 Å². The Morgan fingerprint density at radius 2 is 1.92 bits per heavy atom. The number of carboxylic acid groups (broad SMARTS) is 1. The number of aliphatic hydroxyl groups excluding tert-OH is 1. The number of carbonyl (C=O) groups is 1. The molecule has 0 spiro atoms. The van der Waals surface area contributed by atoms with Crippen LogP contribution in [0.3, 0.4) is 0 Å². The average Bonchev–Trinajstić information content (AvgIpc) is 3.01. The molecule has 1 aliphatic rings. The first-order valence-corrected chi connectivity index (χ1v) is 9.57. The maximum absolute atomic E-state index is 10.6. The van der Waals surface area contributed by atoms with E-state index in [4.69, 9.17) is 5.11 Å². The third-order valence-corrected chi connectivity index (χ3v) is 5.07. The Labute approximate surface area is 151 Å². The standard InChI is InChI=1S/C20H34O5/c1-2-3-4-5-6-7-11-16-13-10-14-17(16)12-8-9-15-18(21)20(24,25)19(22)23/h7-9,11,16-18,21,24-25H,2-6,10,12-15H2,1H3,(H,22,23)/t16-,17-,18?/m0/s1. The van der Waals surface area contributed by atoms with E-state index >= 15 is 0 Å². The Morgan fingerprint density at radius 1 is 1.16 bits per heavy atom. The minimum absolute atomic E-state index is 0.0933. The second-order valence-corrected chi connectivity index (χ2v) is 7.12. The summed E-state index contributed by atoms with van der Waals surface area (Å²) in [6.45, 7) is 2.22. The number of allylic oxidation sites excluding steroid dienone is 3. The SMILES string of the molecule is CCCCCCC=C[C@H]1CCC[C@@H]1CC=CCC(O)C(O)(O)C(=O)O. The monoisotopic (exact) mass is 354 g/mol. The summed E-state index contributed by atoms with van der Waals surface area (Å²) >= 11 is 0. The molecule has 0 heterocycles. The molecule has 3 atom stereocenters. The van der Waals surface area contributed by atoms with Crippen molar-refractivity contribution in [2.24, 2.45) is 11.8 Å². The van der Waals surface area contributed by atoms with Crippen molar-refractivity contribution in [3.05, 3.63) is 24.3 Å². The molecule has 4 N–H and O–H groups in total. The number of unbranched alkanes of at least 4 members (excludes halogenated alkanes) is 4. The van der Waals surface area contributed by atoms with Crippen LogP contribution in [0.1, 0.15) is 71.1 Å². The van der Waals surface area contributed by atoms with Gasteiger partial charge in [0.15, 0.2) is 0 Å². The zero-order chi connectivity index (χ0) is 18.7. The molecule has 0 aromatic heterocycles. The highest BCUT2D eigenvalue weighted by Crippen LogP contribution is 2.35. The average molecular weight is 354 g/mol. The van der Waals surface area contributed by atoms with Crippen molar-refractivity contribution in [1.82, 2.24) is 0 Å². The summed E-state index contributed by atoms with van der Waals surface area (Å²) in [6, 6.07) is 0. The number of rotatable bonds is 12. The van der Waals surface area contributed by atoms with Crippen LogP contribution in [-0.4, -0.2) is 38.3 Å². The summed E-state index contributed by atoms with van der Waals surface area (Å²) in [5, 5.41) is 36.7. The van der Waals surface area contributed by atoms with Crippen molar-refractivity contribution < 1.29 is 25.2 Å². The van der Waals surface area contributed by atoms with Crippen LogP contribution in [0.4, 0.5) is 0 Å². The predicted octanol–water partition coefficient (Wildman–Crippen LogP) is 3.39. The fourth-order valence-corrected chi connectivity index (χ4v) is 3.37. The molecule has 0 radical (unpaired) electrons. The van der Waals surface area contributed by atoms with Crippen molar-refractivity contribution in [1.29, 1.82) is 0 Å². The lowest BCUT2D eigenvalue weighted by molar-refractivity contribution is -0.235. The van der Waals surface area contributed by atoms with Gasteiger partial charge in [-0.05, 0) is 50.4 Å². The van der Waals surface area contributed by atoms with Gasteiger partial charge in [0.2, 0.25) is 0 Å². The van der Waals surface area contributed by atoms with Crippen LogP contribution in [0.15, 0.2) is 24.3 Å². The van der Waals surface area contributed by atoms with Crippen molar-refractivity contribution in [3.63, 3.8) is 0 Å². The van der Waals surface area contributed by atoms with Crippen molar-refractivity contribution in [2.45, 2.75) is 83.0 Å². The lowest BCUT2D eigenvalue weighted by atomic mass is 9.91. The Kier molecular flexibility index (Phi) is 10.0. The molecule has 0 bridgehead atoms. The van der Waals surface area contributed by atoms with Gasteiger partial charge in [0.25, 0.3) is 5.79 Å². The van der Waals surface area contributed by atoms with E-state index in [1.54, 1.807) is 6.08 Å². The first kappa shape index (κ1) is 21.9. The molecule has 0 aromatic rings. The van der Waals surface area contributed by atoms with E-state index in [0.717, 1.165) is 12.8 Å². The van der Waals surface area contributed by atoms with Gasteiger partial charge in [0.05, 0.1) is 0 Å². The topological polar surface area (TPSA) is 98.0 Å². The van der Waals surface area contributed by atoms with Gasteiger partial charge in [-0.2, -0.15) is 0 Å². The van der Waals surface area contributed by atoms with E-state index < -0.39 is 17.9 Å². The molecule has 0 aromatic carbocycles. The molecule has 5 nitrogen and oxygen atoms in total. The maximum atomic E-state index is 10.6. The van der Waals surface area contributed by atoms with Crippen molar-refractivity contribution in [3.8, 4) is 0 Å². The number of hydrogen-bond acceptors (Lipinski definition) is 4. The molecule has 0 aliphatic heterocycles. The van der Waals surface area contributed by atoms with Gasteiger partial charge in [-0.1, -0.05) is 56.9 Å². The molecule has 1 unspecified atom stereocenters. The molecule has 1 rings (SSSR count). The minimum Gasteiger partial charge on any atom is -0.477 e. The second-order valence-electron chi connectivity index (χ2n) is 7.12. The molecule has 1 fully saturated rings. The molecular formula is C20H34O5. The highest BCUT2D eigenvalue weighted by molar-refractivity contribution is 5.75. The number of aliphatic hydroxyl groups is 3. The number of carboxylic acids is 1. The quantitative estimate of drug-likeness (QED) is 0.245. The smallest absolute Gasteiger partial charge is 0.366 e. The molecule has 25 heavy (non-hydrogen) atoms. The van der Waals surface area contributed by atoms with Gasteiger partial charge >= 0.3 is 5.97 Å². The molecule has 0 amide bonds. The maximum Gasteiger partial charge on any atom is 0.366 e. The summed E-state index contributed by atoms with van der Waals surface area (Å²) in [5.41, 5.74) is 0. The van der Waals surface area contributed by atoms with Crippen LogP contribution in [0.25, 0.3) is 0 Å². The Balaban J connectivity index is 2.33. The van der Waals surface area contributed by atoms with Crippen molar-refractivity contribution in [2.75, 3.05) is 0 Å². The normalized spacial score (nSPS) is 22.9. The summed E-state index contributed by atoms with van der Waals surface area (Å²) in [5.74, 6) is -3.77. The first-order valence-electron chi connectivity index (χ1n) is 9.57. The Bertz CT molecular complexity index is 441. The molecule has 1 aliphatic carbocycles. The minimum atomic E-state index is -3.10. The third-order valence-electron chi connectivity index (χ3n) is 5.07. The van der Waals surface area contributed by atoms with E-state index in [0.29, 0.717) is 11.8 Å². The van der Waals surface area contributed by atoms with E-state index in [2.05, 4.69) is 19.1 Å². The lowest BCUT2D eigenvalue weighted by Gasteiger charge is -2.21. The zero-order valence-electron chi connectivity index (χ0n) is 15.3. The fraction of sp³-hybridized carbons (Fsp3) is 0.750. The van der Waals surface area contributed by atoms with E-state index in [1.165, 1.54) is 44.9 Å². The largest absolute Gasteiger partial charge is 0.477 e. The van der Waals surface area contributed by atoms with Gasteiger partial charge in [-0.3, -0.25) is 0 Å². The van der Waals surface area contributed by atoms with Gasteiger partial charge in [0, 0.05) is 0 Å². The van der Waals surface area contributed by atoms with E-state index in [1.807, 2.05) is 6.08 Å². The molecule has 1 saturated carbocycles. The fourth-order valence-electron chi connectivity index (χ4n) is 3.37.